The fourth-order valence-electron chi connectivity index (χ4n) is 2.24. The average Bonchev–Trinajstić information content (AvgIpc) is 2.25. The Morgan fingerprint density at radius 2 is 2.12 bits per heavy atom. The van der Waals surface area contributed by atoms with E-state index in [1.807, 2.05) is 0 Å². The number of nitrogens with zero attached hydrogens (tertiary/aromatic N) is 1. The second-order valence-corrected chi connectivity index (χ2v) is 5.54. The van der Waals surface area contributed by atoms with Crippen LogP contribution in [0.15, 0.2) is 0 Å². The van der Waals surface area contributed by atoms with Gasteiger partial charge in [-0.25, -0.2) is 0 Å². The number of rotatable bonds is 5. The third kappa shape index (κ3) is 4.40. The van der Waals surface area contributed by atoms with Crippen molar-refractivity contribution in [2.45, 2.75) is 58.2 Å². The minimum atomic E-state index is 0.333. The van der Waals surface area contributed by atoms with Crippen LogP contribution in [0.2, 0.25) is 0 Å². The van der Waals surface area contributed by atoms with E-state index in [9.17, 15) is 0 Å². The first-order chi connectivity index (χ1) is 7.50. The van der Waals surface area contributed by atoms with Gasteiger partial charge in [-0.1, -0.05) is 13.8 Å². The van der Waals surface area contributed by atoms with Gasteiger partial charge in [0.2, 0.25) is 0 Å². The van der Waals surface area contributed by atoms with Gasteiger partial charge in [0.15, 0.2) is 0 Å². The lowest BCUT2D eigenvalue weighted by Gasteiger charge is -2.35. The molecule has 3 nitrogen and oxygen atoms in total. The quantitative estimate of drug-likeness (QED) is 0.780. The lowest BCUT2D eigenvalue weighted by molar-refractivity contribution is -0.0122. The van der Waals surface area contributed by atoms with E-state index in [2.05, 4.69) is 32.7 Å². The van der Waals surface area contributed by atoms with Crippen LogP contribution < -0.4 is 5.73 Å². The molecule has 3 atom stereocenters. The standard InChI is InChI=1S/C13H28N2O/c1-10(2)13(14)5-7-15(4)12-6-8-16-11(3)9-12/h10-13H,5-9,14H2,1-4H3. The molecule has 1 fully saturated rings. The largest absolute Gasteiger partial charge is 0.378 e. The van der Waals surface area contributed by atoms with Crippen molar-refractivity contribution in [2.24, 2.45) is 11.7 Å². The molecule has 0 aromatic heterocycles. The van der Waals surface area contributed by atoms with Crippen LogP contribution in [-0.4, -0.2) is 43.3 Å². The highest BCUT2D eigenvalue weighted by molar-refractivity contribution is 4.77. The Hall–Kier alpha value is -0.120. The lowest BCUT2D eigenvalue weighted by Crippen LogP contribution is -2.41. The number of hydrogen-bond acceptors (Lipinski definition) is 3. The highest BCUT2D eigenvalue weighted by Crippen LogP contribution is 2.18. The maximum absolute atomic E-state index is 6.07. The SMILES string of the molecule is CC1CC(N(C)CCC(N)C(C)C)CCO1. The first kappa shape index (κ1) is 13.9. The van der Waals surface area contributed by atoms with Crippen LogP contribution in [0.5, 0.6) is 0 Å². The van der Waals surface area contributed by atoms with Crippen molar-refractivity contribution < 1.29 is 4.74 Å². The van der Waals surface area contributed by atoms with E-state index in [4.69, 9.17) is 10.5 Å². The van der Waals surface area contributed by atoms with Crippen LogP contribution in [0.1, 0.15) is 40.0 Å². The molecule has 2 N–H and O–H groups in total. The van der Waals surface area contributed by atoms with E-state index in [1.165, 1.54) is 0 Å². The smallest absolute Gasteiger partial charge is 0.0561 e. The molecule has 16 heavy (non-hydrogen) atoms. The topological polar surface area (TPSA) is 38.5 Å². The molecule has 3 unspecified atom stereocenters. The number of hydrogen-bond donors (Lipinski definition) is 1. The maximum atomic E-state index is 6.07. The Morgan fingerprint density at radius 3 is 2.69 bits per heavy atom. The van der Waals surface area contributed by atoms with E-state index >= 15 is 0 Å². The fraction of sp³-hybridized carbons (Fsp3) is 1.00. The predicted molar refractivity (Wildman–Crippen MR) is 68.5 cm³/mol. The normalized spacial score (nSPS) is 28.7. The van der Waals surface area contributed by atoms with Gasteiger partial charge in [-0.05, 0) is 45.7 Å². The predicted octanol–water partition coefficient (Wildman–Crippen LogP) is 1.86. The molecular weight excluding hydrogens is 200 g/mol. The molecule has 3 heteroatoms. The second kappa shape index (κ2) is 6.58. The summed E-state index contributed by atoms with van der Waals surface area (Å²) in [5.74, 6) is 0.585. The summed E-state index contributed by atoms with van der Waals surface area (Å²) in [6, 6.07) is 1.02. The Bertz CT molecular complexity index is 196. The Labute approximate surface area is 100 Å². The van der Waals surface area contributed by atoms with Crippen LogP contribution in [0, 0.1) is 5.92 Å². The highest BCUT2D eigenvalue weighted by Gasteiger charge is 2.23. The summed E-state index contributed by atoms with van der Waals surface area (Å²) in [6.45, 7) is 8.57. The van der Waals surface area contributed by atoms with E-state index in [0.717, 1.165) is 32.4 Å². The number of ether oxygens (including phenoxy) is 1. The third-order valence-corrected chi connectivity index (χ3v) is 3.75. The second-order valence-electron chi connectivity index (χ2n) is 5.54. The molecule has 1 heterocycles. The van der Waals surface area contributed by atoms with Gasteiger partial charge in [0.05, 0.1) is 6.10 Å². The molecule has 0 bridgehead atoms. The molecule has 0 aromatic carbocycles. The molecule has 0 aliphatic carbocycles. The lowest BCUT2D eigenvalue weighted by atomic mass is 9.99. The summed E-state index contributed by atoms with van der Waals surface area (Å²) < 4.78 is 5.57. The fourth-order valence-corrected chi connectivity index (χ4v) is 2.24. The van der Waals surface area contributed by atoms with Crippen molar-refractivity contribution in [2.75, 3.05) is 20.2 Å². The molecule has 0 spiro atoms. The molecule has 1 saturated heterocycles. The molecule has 0 saturated carbocycles. The third-order valence-electron chi connectivity index (χ3n) is 3.75. The minimum absolute atomic E-state index is 0.333. The van der Waals surface area contributed by atoms with Crippen LogP contribution in [0.3, 0.4) is 0 Å². The number of nitrogens with two attached hydrogens (primary N) is 1. The van der Waals surface area contributed by atoms with Gasteiger partial charge in [0.1, 0.15) is 0 Å². The van der Waals surface area contributed by atoms with Gasteiger partial charge in [0, 0.05) is 18.7 Å². The molecule has 0 radical (unpaired) electrons. The summed E-state index contributed by atoms with van der Waals surface area (Å²) >= 11 is 0. The van der Waals surface area contributed by atoms with E-state index in [0.29, 0.717) is 24.1 Å². The van der Waals surface area contributed by atoms with Gasteiger partial charge in [-0.3, -0.25) is 0 Å². The van der Waals surface area contributed by atoms with Crippen LogP contribution in [0.4, 0.5) is 0 Å². The van der Waals surface area contributed by atoms with Gasteiger partial charge in [0.25, 0.3) is 0 Å². The monoisotopic (exact) mass is 228 g/mol. The summed E-state index contributed by atoms with van der Waals surface area (Å²) in [6.07, 6.45) is 3.84. The average molecular weight is 228 g/mol. The van der Waals surface area contributed by atoms with E-state index in [-0.39, 0.29) is 0 Å². The van der Waals surface area contributed by atoms with Crippen molar-refractivity contribution >= 4 is 0 Å². The van der Waals surface area contributed by atoms with E-state index in [1.54, 1.807) is 0 Å². The van der Waals surface area contributed by atoms with E-state index < -0.39 is 0 Å². The molecule has 1 aliphatic heterocycles. The first-order valence-electron chi connectivity index (χ1n) is 6.58. The van der Waals surface area contributed by atoms with Gasteiger partial charge in [-0.15, -0.1) is 0 Å². The van der Waals surface area contributed by atoms with Crippen LogP contribution >= 0.6 is 0 Å². The van der Waals surface area contributed by atoms with Crippen LogP contribution in [0.25, 0.3) is 0 Å². The zero-order chi connectivity index (χ0) is 12.1. The van der Waals surface area contributed by atoms with Gasteiger partial charge >= 0.3 is 0 Å². The van der Waals surface area contributed by atoms with Crippen molar-refractivity contribution in [3.05, 3.63) is 0 Å². The van der Waals surface area contributed by atoms with Gasteiger partial charge in [-0.2, -0.15) is 0 Å². The Kier molecular flexibility index (Phi) is 5.73. The highest BCUT2D eigenvalue weighted by atomic mass is 16.5. The molecule has 96 valence electrons. The molecule has 0 aromatic rings. The summed E-state index contributed by atoms with van der Waals surface area (Å²) in [5, 5.41) is 0. The summed E-state index contributed by atoms with van der Waals surface area (Å²) in [7, 11) is 2.22. The molecule has 1 rings (SSSR count). The minimum Gasteiger partial charge on any atom is -0.378 e. The van der Waals surface area contributed by atoms with Crippen molar-refractivity contribution in [1.82, 2.24) is 4.90 Å². The zero-order valence-electron chi connectivity index (χ0n) is 11.3. The Balaban J connectivity index is 2.26. The molecule has 1 aliphatic rings. The zero-order valence-corrected chi connectivity index (χ0v) is 11.3. The van der Waals surface area contributed by atoms with Crippen molar-refractivity contribution in [3.8, 4) is 0 Å². The first-order valence-corrected chi connectivity index (χ1v) is 6.58. The van der Waals surface area contributed by atoms with Crippen LogP contribution in [-0.2, 0) is 4.74 Å². The van der Waals surface area contributed by atoms with Gasteiger partial charge < -0.3 is 15.4 Å². The summed E-state index contributed by atoms with van der Waals surface area (Å²) in [4.78, 5) is 2.46. The van der Waals surface area contributed by atoms with Crippen molar-refractivity contribution in [1.29, 1.82) is 0 Å². The Morgan fingerprint density at radius 1 is 1.44 bits per heavy atom. The molecular formula is C13H28N2O. The molecule has 0 amide bonds. The summed E-state index contributed by atoms with van der Waals surface area (Å²) in [5.41, 5.74) is 6.07. The maximum Gasteiger partial charge on any atom is 0.0561 e. The van der Waals surface area contributed by atoms with Crippen molar-refractivity contribution in [3.63, 3.8) is 0 Å².